The third kappa shape index (κ3) is 4.84. The molecule has 1 aromatic carbocycles. The number of nitrogens with one attached hydrogen (secondary N) is 1. The lowest BCUT2D eigenvalue weighted by Crippen LogP contribution is -2.13. The molecule has 0 spiro atoms. The van der Waals surface area contributed by atoms with Crippen LogP contribution in [0, 0.1) is 10.1 Å². The van der Waals surface area contributed by atoms with Gasteiger partial charge in [-0.1, -0.05) is 0 Å². The molecule has 0 aromatic heterocycles. The fourth-order valence-corrected chi connectivity index (χ4v) is 2.22. The van der Waals surface area contributed by atoms with E-state index >= 15 is 0 Å². The summed E-state index contributed by atoms with van der Waals surface area (Å²) in [5.41, 5.74) is 5.18. The lowest BCUT2D eigenvalue weighted by atomic mass is 10.1. The molecule has 0 aliphatic heterocycles. The van der Waals surface area contributed by atoms with Crippen LogP contribution in [0.1, 0.15) is 16.8 Å². The number of sulfone groups is 1. The van der Waals surface area contributed by atoms with E-state index in [4.69, 9.17) is 5.73 Å². The van der Waals surface area contributed by atoms with Crippen LogP contribution in [0.4, 0.5) is 11.4 Å². The molecule has 0 aliphatic carbocycles. The quantitative estimate of drug-likeness (QED) is 0.429. The number of nitrogens with zero attached hydrogens (tertiary/aromatic N) is 1. The Bertz CT molecular complexity index is 627. The number of nitro benzene ring substituents is 1. The van der Waals surface area contributed by atoms with E-state index in [1.807, 2.05) is 0 Å². The van der Waals surface area contributed by atoms with Crippen LogP contribution in [0.2, 0.25) is 0 Å². The predicted octanol–water partition coefficient (Wildman–Crippen LogP) is 0.540. The van der Waals surface area contributed by atoms with Crippen molar-refractivity contribution in [3.8, 4) is 0 Å². The van der Waals surface area contributed by atoms with Crippen LogP contribution in [0.15, 0.2) is 18.2 Å². The van der Waals surface area contributed by atoms with Gasteiger partial charge in [-0.25, -0.2) is 8.42 Å². The molecule has 1 amide bonds. The number of hydrogen-bond donors (Lipinski definition) is 2. The van der Waals surface area contributed by atoms with Gasteiger partial charge in [0.05, 0.1) is 10.7 Å². The molecule has 0 unspecified atom stereocenters. The van der Waals surface area contributed by atoms with Crippen molar-refractivity contribution >= 4 is 27.1 Å². The van der Waals surface area contributed by atoms with Crippen molar-refractivity contribution < 1.29 is 18.1 Å². The summed E-state index contributed by atoms with van der Waals surface area (Å²) in [5, 5.41) is 13.6. The molecule has 0 atom stereocenters. The maximum atomic E-state index is 11.0. The summed E-state index contributed by atoms with van der Waals surface area (Å²) in [4.78, 5) is 21.3. The smallest absolute Gasteiger partial charge is 0.292 e. The van der Waals surface area contributed by atoms with Crippen molar-refractivity contribution in [2.75, 3.05) is 23.9 Å². The first-order valence-corrected chi connectivity index (χ1v) is 7.76. The average molecular weight is 301 g/mol. The molecule has 0 fully saturated rings. The van der Waals surface area contributed by atoms with Crippen molar-refractivity contribution in [3.05, 3.63) is 33.9 Å². The van der Waals surface area contributed by atoms with E-state index in [1.165, 1.54) is 18.2 Å². The molecular formula is C11H15N3O5S. The fourth-order valence-electron chi connectivity index (χ4n) is 1.55. The van der Waals surface area contributed by atoms with E-state index in [9.17, 15) is 23.3 Å². The normalized spacial score (nSPS) is 11.1. The van der Waals surface area contributed by atoms with Crippen LogP contribution in [0.5, 0.6) is 0 Å². The maximum absolute atomic E-state index is 11.0. The topological polar surface area (TPSA) is 132 Å². The van der Waals surface area contributed by atoms with Crippen molar-refractivity contribution in [1.29, 1.82) is 0 Å². The Morgan fingerprint density at radius 1 is 1.45 bits per heavy atom. The highest BCUT2D eigenvalue weighted by Crippen LogP contribution is 2.25. The lowest BCUT2D eigenvalue weighted by Gasteiger charge is -2.08. The largest absolute Gasteiger partial charge is 0.379 e. The number of benzene rings is 1. The number of anilines is 1. The molecule has 110 valence electrons. The van der Waals surface area contributed by atoms with Gasteiger partial charge < -0.3 is 11.1 Å². The summed E-state index contributed by atoms with van der Waals surface area (Å²) in [6.45, 7) is 0.232. The van der Waals surface area contributed by atoms with Crippen molar-refractivity contribution in [2.24, 2.45) is 5.73 Å². The summed E-state index contributed by atoms with van der Waals surface area (Å²) in [7, 11) is -3.07. The second-order valence-corrected chi connectivity index (χ2v) is 6.52. The van der Waals surface area contributed by atoms with Crippen LogP contribution in [-0.4, -0.2) is 37.8 Å². The lowest BCUT2D eigenvalue weighted by molar-refractivity contribution is -0.384. The minimum absolute atomic E-state index is 0.0245. The Morgan fingerprint density at radius 3 is 2.60 bits per heavy atom. The molecule has 20 heavy (non-hydrogen) atoms. The second kappa shape index (κ2) is 6.33. The molecule has 0 saturated heterocycles. The third-order valence-corrected chi connectivity index (χ3v) is 3.52. The van der Waals surface area contributed by atoms with Gasteiger partial charge in [-0.2, -0.15) is 0 Å². The first kappa shape index (κ1) is 15.9. The number of nitro groups is 1. The number of nitrogens with two attached hydrogens (primary N) is 1. The minimum atomic E-state index is -3.07. The van der Waals surface area contributed by atoms with Gasteiger partial charge in [-0.05, 0) is 18.6 Å². The summed E-state index contributed by atoms with van der Waals surface area (Å²) >= 11 is 0. The summed E-state index contributed by atoms with van der Waals surface area (Å²) in [6, 6.07) is 3.72. The van der Waals surface area contributed by atoms with Crippen LogP contribution >= 0.6 is 0 Å². The van der Waals surface area contributed by atoms with E-state index in [-0.39, 0.29) is 29.2 Å². The van der Waals surface area contributed by atoms with Gasteiger partial charge in [0.1, 0.15) is 15.5 Å². The summed E-state index contributed by atoms with van der Waals surface area (Å²) < 4.78 is 21.9. The Hall–Kier alpha value is -2.16. The molecule has 8 nitrogen and oxygen atoms in total. The SMILES string of the molecule is CS(=O)(=O)CCCNc1cc(C(N)=O)ccc1[N+](=O)[O-]. The molecule has 1 aromatic rings. The van der Waals surface area contributed by atoms with Gasteiger partial charge in [-0.15, -0.1) is 0 Å². The van der Waals surface area contributed by atoms with E-state index in [1.54, 1.807) is 0 Å². The van der Waals surface area contributed by atoms with E-state index in [0.717, 1.165) is 6.26 Å². The molecule has 0 saturated carbocycles. The van der Waals surface area contributed by atoms with Gasteiger partial charge in [0.2, 0.25) is 5.91 Å². The number of primary amides is 1. The second-order valence-electron chi connectivity index (χ2n) is 4.26. The van der Waals surface area contributed by atoms with Gasteiger partial charge >= 0.3 is 0 Å². The molecule has 0 aliphatic rings. The fraction of sp³-hybridized carbons (Fsp3) is 0.364. The Kier molecular flexibility index (Phi) is 5.03. The van der Waals surface area contributed by atoms with Crippen LogP contribution in [0.3, 0.4) is 0 Å². The van der Waals surface area contributed by atoms with Gasteiger partial charge in [0.15, 0.2) is 0 Å². The zero-order valence-corrected chi connectivity index (χ0v) is 11.6. The minimum Gasteiger partial charge on any atom is -0.379 e. The van der Waals surface area contributed by atoms with Crippen LogP contribution < -0.4 is 11.1 Å². The zero-order chi connectivity index (χ0) is 15.3. The first-order valence-electron chi connectivity index (χ1n) is 5.70. The van der Waals surface area contributed by atoms with Gasteiger partial charge in [0.25, 0.3) is 5.69 Å². The molecule has 0 radical (unpaired) electrons. The van der Waals surface area contributed by atoms with Crippen molar-refractivity contribution in [3.63, 3.8) is 0 Å². The van der Waals surface area contributed by atoms with Gasteiger partial charge in [-0.3, -0.25) is 14.9 Å². The number of carbonyl (C=O) groups is 1. The van der Waals surface area contributed by atoms with Gasteiger partial charge in [0, 0.05) is 24.4 Å². The van der Waals surface area contributed by atoms with Crippen LogP contribution in [0.25, 0.3) is 0 Å². The standard InChI is InChI=1S/C11H15N3O5S/c1-20(18,19)6-2-5-13-9-7-8(11(12)15)3-4-10(9)14(16)17/h3-4,7,13H,2,5-6H2,1H3,(H2,12,15). The molecule has 9 heteroatoms. The highest BCUT2D eigenvalue weighted by atomic mass is 32.2. The molecule has 0 heterocycles. The Balaban J connectivity index is 2.83. The maximum Gasteiger partial charge on any atom is 0.292 e. The predicted molar refractivity (Wildman–Crippen MR) is 74.4 cm³/mol. The number of hydrogen-bond acceptors (Lipinski definition) is 6. The molecule has 0 bridgehead atoms. The zero-order valence-electron chi connectivity index (χ0n) is 10.8. The third-order valence-electron chi connectivity index (χ3n) is 2.49. The average Bonchev–Trinajstić information content (AvgIpc) is 2.33. The molecule has 3 N–H and O–H groups in total. The van der Waals surface area contributed by atoms with E-state index in [0.29, 0.717) is 6.42 Å². The molecule has 1 rings (SSSR count). The number of rotatable bonds is 7. The summed E-state index contributed by atoms with van der Waals surface area (Å²) in [5.74, 6) is -0.720. The van der Waals surface area contributed by atoms with E-state index < -0.39 is 20.7 Å². The first-order chi connectivity index (χ1) is 9.20. The van der Waals surface area contributed by atoms with Crippen molar-refractivity contribution in [2.45, 2.75) is 6.42 Å². The summed E-state index contributed by atoms with van der Waals surface area (Å²) in [6.07, 6.45) is 1.42. The molecular weight excluding hydrogens is 286 g/mol. The number of carbonyl (C=O) groups excluding carboxylic acids is 1. The van der Waals surface area contributed by atoms with E-state index in [2.05, 4.69) is 5.32 Å². The van der Waals surface area contributed by atoms with Crippen molar-refractivity contribution in [1.82, 2.24) is 0 Å². The van der Waals surface area contributed by atoms with Crippen LogP contribution in [-0.2, 0) is 9.84 Å². The Morgan fingerprint density at radius 2 is 2.10 bits per heavy atom. The highest BCUT2D eigenvalue weighted by molar-refractivity contribution is 7.90. The highest BCUT2D eigenvalue weighted by Gasteiger charge is 2.15. The Labute approximate surface area is 116 Å². The monoisotopic (exact) mass is 301 g/mol. The number of amides is 1.